The standard InChI is InChI=1S/C29H31NO9/c1-34-19-9-24(37-15-18(31)14-30-13-17-7-5-4-6-8-17)27-25(10-19)39-26-16-38-21-12-23(36-3)22(35-2)11-20(21)29(26,33)28(27)32/h4-12,18,26,30-31,33H,13-16H2,1-3H3/t18?,26-,29-/m1/s1. The summed E-state index contributed by atoms with van der Waals surface area (Å²) >= 11 is 0. The second-order valence-corrected chi connectivity index (χ2v) is 9.30. The highest BCUT2D eigenvalue weighted by Crippen LogP contribution is 2.51. The molecule has 3 aromatic rings. The monoisotopic (exact) mass is 537 g/mol. The largest absolute Gasteiger partial charge is 0.496 e. The van der Waals surface area contributed by atoms with Crippen LogP contribution in [0.3, 0.4) is 0 Å². The maximum Gasteiger partial charge on any atom is 0.210 e. The molecule has 39 heavy (non-hydrogen) atoms. The highest BCUT2D eigenvalue weighted by Gasteiger charge is 2.57. The van der Waals surface area contributed by atoms with Gasteiger partial charge in [0.25, 0.3) is 0 Å². The predicted molar refractivity (Wildman–Crippen MR) is 140 cm³/mol. The Kier molecular flexibility index (Phi) is 7.51. The van der Waals surface area contributed by atoms with Crippen molar-refractivity contribution in [3.8, 4) is 34.5 Å². The number of fused-ring (bicyclic) bond motifs is 4. The molecule has 0 aromatic heterocycles. The van der Waals surface area contributed by atoms with Crippen molar-refractivity contribution in [3.63, 3.8) is 0 Å². The molecule has 0 amide bonds. The summed E-state index contributed by atoms with van der Waals surface area (Å²) in [7, 11) is 4.43. The van der Waals surface area contributed by atoms with Crippen molar-refractivity contribution in [1.29, 1.82) is 0 Å². The van der Waals surface area contributed by atoms with E-state index in [4.69, 9.17) is 28.4 Å². The lowest BCUT2D eigenvalue weighted by Gasteiger charge is -2.43. The van der Waals surface area contributed by atoms with Gasteiger partial charge >= 0.3 is 0 Å². The van der Waals surface area contributed by atoms with Crippen LogP contribution in [-0.4, -0.2) is 69.3 Å². The molecule has 3 atom stereocenters. The molecule has 0 bridgehead atoms. The number of nitrogens with one attached hydrogen (secondary N) is 1. The number of aliphatic hydroxyl groups excluding tert-OH is 1. The number of ketones is 1. The van der Waals surface area contributed by atoms with Gasteiger partial charge in [-0.3, -0.25) is 4.79 Å². The molecular formula is C29H31NO9. The highest BCUT2D eigenvalue weighted by atomic mass is 16.6. The number of Topliss-reactive ketones (excluding diaryl/α,β-unsaturated/α-hetero) is 1. The number of rotatable bonds is 10. The molecular weight excluding hydrogens is 506 g/mol. The zero-order chi connectivity index (χ0) is 27.6. The zero-order valence-corrected chi connectivity index (χ0v) is 21.9. The Morgan fingerprint density at radius 2 is 1.74 bits per heavy atom. The SMILES string of the molecule is COc1cc(OCC(O)CNCc2ccccc2)c2c(c1)O[C@@H]1COc3cc(OC)c(OC)cc3[C@]1(O)C2=O. The van der Waals surface area contributed by atoms with Crippen LogP contribution in [-0.2, 0) is 12.1 Å². The van der Waals surface area contributed by atoms with E-state index in [1.54, 1.807) is 12.1 Å². The lowest BCUT2D eigenvalue weighted by Crippen LogP contribution is -2.57. The Morgan fingerprint density at radius 1 is 1.00 bits per heavy atom. The van der Waals surface area contributed by atoms with E-state index in [0.717, 1.165) is 5.56 Å². The highest BCUT2D eigenvalue weighted by molar-refractivity contribution is 6.09. The van der Waals surface area contributed by atoms with E-state index in [1.165, 1.54) is 33.5 Å². The van der Waals surface area contributed by atoms with Crippen LogP contribution in [0.2, 0.25) is 0 Å². The second kappa shape index (κ2) is 11.0. The number of benzene rings is 3. The summed E-state index contributed by atoms with van der Waals surface area (Å²) in [4.78, 5) is 14.0. The molecule has 10 heteroatoms. The number of hydrogen-bond acceptors (Lipinski definition) is 10. The normalized spacial score (nSPS) is 19.9. The molecule has 5 rings (SSSR count). The molecule has 0 saturated carbocycles. The van der Waals surface area contributed by atoms with Crippen LogP contribution in [0.25, 0.3) is 0 Å². The van der Waals surface area contributed by atoms with Gasteiger partial charge in [0, 0.05) is 36.9 Å². The first-order chi connectivity index (χ1) is 18.9. The Labute approximate surface area is 226 Å². The van der Waals surface area contributed by atoms with Gasteiger partial charge in [-0.2, -0.15) is 0 Å². The van der Waals surface area contributed by atoms with Crippen molar-refractivity contribution in [2.45, 2.75) is 24.4 Å². The van der Waals surface area contributed by atoms with Gasteiger partial charge < -0.3 is 44.0 Å². The Bertz CT molecular complexity index is 1350. The van der Waals surface area contributed by atoms with E-state index in [0.29, 0.717) is 23.8 Å². The van der Waals surface area contributed by atoms with Crippen LogP contribution in [0.5, 0.6) is 34.5 Å². The molecule has 3 aromatic carbocycles. The quantitative estimate of drug-likeness (QED) is 0.355. The van der Waals surface area contributed by atoms with Gasteiger partial charge in [0.1, 0.15) is 47.9 Å². The van der Waals surface area contributed by atoms with Crippen molar-refractivity contribution in [3.05, 3.63) is 71.3 Å². The number of carbonyl (C=O) groups excluding carboxylic acids is 1. The lowest BCUT2D eigenvalue weighted by atomic mass is 9.77. The third-order valence-electron chi connectivity index (χ3n) is 6.85. The van der Waals surface area contributed by atoms with E-state index in [9.17, 15) is 15.0 Å². The van der Waals surface area contributed by atoms with Crippen molar-refractivity contribution in [1.82, 2.24) is 5.32 Å². The molecule has 0 spiro atoms. The van der Waals surface area contributed by atoms with Gasteiger partial charge in [-0.05, 0) is 11.6 Å². The first kappa shape index (κ1) is 26.6. The van der Waals surface area contributed by atoms with Crippen LogP contribution in [0.15, 0.2) is 54.6 Å². The summed E-state index contributed by atoms with van der Waals surface area (Å²) in [6, 6.07) is 16.0. The van der Waals surface area contributed by atoms with Crippen LogP contribution in [0, 0.1) is 0 Å². The minimum atomic E-state index is -2.08. The molecule has 10 nitrogen and oxygen atoms in total. The van der Waals surface area contributed by atoms with E-state index in [1.807, 2.05) is 30.3 Å². The maximum atomic E-state index is 14.0. The first-order valence-corrected chi connectivity index (χ1v) is 12.5. The van der Waals surface area contributed by atoms with E-state index in [2.05, 4.69) is 5.32 Å². The first-order valence-electron chi connectivity index (χ1n) is 12.5. The topological polar surface area (TPSA) is 125 Å². The Hall–Kier alpha value is -3.99. The number of methoxy groups -OCH3 is 3. The molecule has 2 aliphatic heterocycles. The van der Waals surface area contributed by atoms with Crippen molar-refractivity contribution < 1.29 is 43.4 Å². The molecule has 206 valence electrons. The number of ether oxygens (including phenoxy) is 6. The lowest BCUT2D eigenvalue weighted by molar-refractivity contribution is -0.0804. The zero-order valence-electron chi connectivity index (χ0n) is 21.9. The maximum absolute atomic E-state index is 14.0. The van der Waals surface area contributed by atoms with Crippen LogP contribution >= 0.6 is 0 Å². The van der Waals surface area contributed by atoms with Crippen LogP contribution in [0.4, 0.5) is 0 Å². The fraction of sp³-hybridized carbons (Fsp3) is 0.345. The molecule has 0 fully saturated rings. The summed E-state index contributed by atoms with van der Waals surface area (Å²) < 4.78 is 34.0. The minimum Gasteiger partial charge on any atom is -0.496 e. The summed E-state index contributed by atoms with van der Waals surface area (Å²) in [6.45, 7) is 0.664. The summed E-state index contributed by atoms with van der Waals surface area (Å²) in [5, 5.41) is 25.6. The van der Waals surface area contributed by atoms with Crippen molar-refractivity contribution >= 4 is 5.78 Å². The molecule has 0 saturated heterocycles. The summed E-state index contributed by atoms with van der Waals surface area (Å²) in [5.74, 6) is 1.08. The number of hydrogen-bond donors (Lipinski definition) is 3. The third-order valence-corrected chi connectivity index (χ3v) is 6.85. The van der Waals surface area contributed by atoms with E-state index in [-0.39, 0.29) is 48.1 Å². The van der Waals surface area contributed by atoms with Gasteiger partial charge in [-0.15, -0.1) is 0 Å². The van der Waals surface area contributed by atoms with Gasteiger partial charge in [0.05, 0.1) is 21.3 Å². The van der Waals surface area contributed by atoms with Gasteiger partial charge in [-0.1, -0.05) is 30.3 Å². The fourth-order valence-corrected chi connectivity index (χ4v) is 4.81. The Morgan fingerprint density at radius 3 is 2.46 bits per heavy atom. The van der Waals surface area contributed by atoms with E-state index >= 15 is 0 Å². The van der Waals surface area contributed by atoms with Gasteiger partial charge in [0.2, 0.25) is 5.78 Å². The van der Waals surface area contributed by atoms with Crippen LogP contribution in [0.1, 0.15) is 21.5 Å². The molecule has 3 N–H and O–H groups in total. The molecule has 2 heterocycles. The summed E-state index contributed by atoms with van der Waals surface area (Å²) in [6.07, 6.45) is -1.90. The second-order valence-electron chi connectivity index (χ2n) is 9.30. The minimum absolute atomic E-state index is 0.0432. The number of carbonyl (C=O) groups is 1. The Balaban J connectivity index is 1.41. The van der Waals surface area contributed by atoms with Gasteiger partial charge in [0.15, 0.2) is 23.2 Å². The molecule has 0 aliphatic carbocycles. The smallest absolute Gasteiger partial charge is 0.210 e. The molecule has 0 radical (unpaired) electrons. The number of aliphatic hydroxyl groups is 2. The van der Waals surface area contributed by atoms with Gasteiger partial charge in [-0.25, -0.2) is 0 Å². The molecule has 1 unspecified atom stereocenters. The van der Waals surface area contributed by atoms with Crippen molar-refractivity contribution in [2.75, 3.05) is 41.1 Å². The van der Waals surface area contributed by atoms with Crippen LogP contribution < -0.4 is 33.7 Å². The molecule has 2 aliphatic rings. The fourth-order valence-electron chi connectivity index (χ4n) is 4.81. The predicted octanol–water partition coefficient (Wildman–Crippen LogP) is 2.47. The average molecular weight is 538 g/mol. The average Bonchev–Trinajstić information content (AvgIpc) is 2.96. The third kappa shape index (κ3) is 4.94. The summed E-state index contributed by atoms with van der Waals surface area (Å²) in [5.41, 5.74) is -0.757. The van der Waals surface area contributed by atoms with E-state index < -0.39 is 23.6 Å². The van der Waals surface area contributed by atoms with Crippen molar-refractivity contribution in [2.24, 2.45) is 0 Å².